The lowest BCUT2D eigenvalue weighted by Gasteiger charge is -2.11. The zero-order valence-electron chi connectivity index (χ0n) is 17.6. The van der Waals surface area contributed by atoms with Gasteiger partial charge < -0.3 is 10.1 Å². The van der Waals surface area contributed by atoms with E-state index in [0.717, 1.165) is 44.9 Å². The van der Waals surface area contributed by atoms with E-state index in [-0.39, 0.29) is 12.5 Å². The number of benzene rings is 1. The van der Waals surface area contributed by atoms with Crippen LogP contribution in [0.2, 0.25) is 0 Å². The number of aromatic nitrogens is 6. The van der Waals surface area contributed by atoms with Crippen molar-refractivity contribution in [2.45, 2.75) is 27.3 Å². The highest BCUT2D eigenvalue weighted by Crippen LogP contribution is 2.36. The van der Waals surface area contributed by atoms with Gasteiger partial charge in [0.15, 0.2) is 5.82 Å². The summed E-state index contributed by atoms with van der Waals surface area (Å²) < 4.78 is 7.20. The maximum atomic E-state index is 12.5. The molecule has 30 heavy (non-hydrogen) atoms. The molecule has 0 atom stereocenters. The quantitative estimate of drug-likeness (QED) is 0.548. The first-order valence-electron chi connectivity index (χ1n) is 9.52. The highest BCUT2D eigenvalue weighted by molar-refractivity contribution is 5.99. The predicted molar refractivity (Wildman–Crippen MR) is 113 cm³/mol. The van der Waals surface area contributed by atoms with E-state index in [1.165, 1.54) is 11.0 Å². The molecule has 0 aliphatic carbocycles. The molecule has 154 valence electrons. The molecule has 1 aromatic carbocycles. The first-order valence-corrected chi connectivity index (χ1v) is 9.52. The molecule has 0 aliphatic rings. The van der Waals surface area contributed by atoms with Crippen molar-refractivity contribution in [3.05, 3.63) is 47.5 Å². The largest absolute Gasteiger partial charge is 0.494 e. The number of rotatable bonds is 5. The average Bonchev–Trinajstić information content (AvgIpc) is 3.23. The Bertz CT molecular complexity index is 1260. The summed E-state index contributed by atoms with van der Waals surface area (Å²) in [7, 11) is 3.33. The zero-order chi connectivity index (χ0) is 21.4. The van der Waals surface area contributed by atoms with Gasteiger partial charge in [-0.3, -0.25) is 9.48 Å². The van der Waals surface area contributed by atoms with Crippen LogP contribution < -0.4 is 10.1 Å². The number of carbonyl (C=O) groups is 1. The Morgan fingerprint density at radius 2 is 1.93 bits per heavy atom. The first-order chi connectivity index (χ1) is 14.4. The number of amides is 1. The van der Waals surface area contributed by atoms with E-state index in [0.29, 0.717) is 5.82 Å². The third-order valence-corrected chi connectivity index (χ3v) is 4.99. The number of aryl methyl sites for hydroxylation is 3. The molecule has 0 spiro atoms. The molecule has 0 radical (unpaired) electrons. The van der Waals surface area contributed by atoms with Crippen molar-refractivity contribution in [2.24, 2.45) is 7.05 Å². The van der Waals surface area contributed by atoms with Crippen LogP contribution in [-0.4, -0.2) is 42.8 Å². The Morgan fingerprint density at radius 3 is 2.63 bits per heavy atom. The number of hydrogen-bond donors (Lipinski definition) is 1. The molecule has 0 unspecified atom stereocenters. The molecular weight excluding hydrogens is 382 g/mol. The van der Waals surface area contributed by atoms with Crippen molar-refractivity contribution in [1.29, 1.82) is 0 Å². The molecule has 1 N–H and O–H groups in total. The van der Waals surface area contributed by atoms with E-state index in [9.17, 15) is 4.79 Å². The van der Waals surface area contributed by atoms with Gasteiger partial charge in [0.1, 0.15) is 17.8 Å². The van der Waals surface area contributed by atoms with Crippen molar-refractivity contribution in [2.75, 3.05) is 12.4 Å². The van der Waals surface area contributed by atoms with Crippen molar-refractivity contribution < 1.29 is 9.53 Å². The third kappa shape index (κ3) is 3.49. The summed E-state index contributed by atoms with van der Waals surface area (Å²) in [5, 5.41) is 16.3. The topological polar surface area (TPSA) is 99.8 Å². The number of nitrogens with one attached hydrogen (secondary N) is 1. The average molecular weight is 405 g/mol. The smallest absolute Gasteiger partial charge is 0.247 e. The minimum absolute atomic E-state index is 0.0781. The number of methoxy groups -OCH3 is 1. The van der Waals surface area contributed by atoms with Crippen LogP contribution in [0.5, 0.6) is 5.75 Å². The number of ether oxygens (including phenoxy) is 1. The minimum atomic E-state index is -0.218. The van der Waals surface area contributed by atoms with Crippen LogP contribution in [0.1, 0.15) is 17.1 Å². The van der Waals surface area contributed by atoms with Crippen LogP contribution in [0.25, 0.3) is 22.0 Å². The van der Waals surface area contributed by atoms with Crippen molar-refractivity contribution in [3.8, 4) is 16.9 Å². The van der Waals surface area contributed by atoms with E-state index in [4.69, 9.17) is 4.74 Å². The summed E-state index contributed by atoms with van der Waals surface area (Å²) in [6.45, 7) is 5.93. The Kier molecular flexibility index (Phi) is 4.94. The summed E-state index contributed by atoms with van der Waals surface area (Å²) in [5.41, 5.74) is 5.46. The van der Waals surface area contributed by atoms with E-state index in [2.05, 4.69) is 25.6 Å². The lowest BCUT2D eigenvalue weighted by molar-refractivity contribution is -0.117. The molecule has 0 aliphatic heterocycles. The molecular formula is C21H23N7O2. The second-order valence-corrected chi connectivity index (χ2v) is 7.14. The summed E-state index contributed by atoms with van der Waals surface area (Å²) in [5.74, 6) is 0.917. The Morgan fingerprint density at radius 1 is 1.13 bits per heavy atom. The fraction of sp³-hybridized carbons (Fsp3) is 0.286. The van der Waals surface area contributed by atoms with Gasteiger partial charge in [0.2, 0.25) is 5.91 Å². The highest BCUT2D eigenvalue weighted by atomic mass is 16.5. The monoisotopic (exact) mass is 405 g/mol. The zero-order valence-corrected chi connectivity index (χ0v) is 17.6. The van der Waals surface area contributed by atoms with Gasteiger partial charge in [-0.25, -0.2) is 4.98 Å². The van der Waals surface area contributed by atoms with Crippen LogP contribution >= 0.6 is 0 Å². The molecule has 3 heterocycles. The van der Waals surface area contributed by atoms with Gasteiger partial charge >= 0.3 is 0 Å². The molecule has 4 aromatic rings. The second-order valence-electron chi connectivity index (χ2n) is 7.14. The van der Waals surface area contributed by atoms with Gasteiger partial charge in [-0.1, -0.05) is 6.07 Å². The van der Waals surface area contributed by atoms with Gasteiger partial charge in [0.05, 0.1) is 19.0 Å². The van der Waals surface area contributed by atoms with Gasteiger partial charge in [0.25, 0.3) is 0 Å². The minimum Gasteiger partial charge on any atom is -0.494 e. The van der Waals surface area contributed by atoms with Crippen molar-refractivity contribution >= 4 is 22.6 Å². The number of fused-ring (bicyclic) bond motifs is 1. The fourth-order valence-electron chi connectivity index (χ4n) is 3.63. The van der Waals surface area contributed by atoms with Crippen LogP contribution in [0.15, 0.2) is 30.5 Å². The van der Waals surface area contributed by atoms with Crippen LogP contribution in [-0.2, 0) is 18.4 Å². The number of pyridine rings is 1. The van der Waals surface area contributed by atoms with Gasteiger partial charge in [-0.2, -0.15) is 15.0 Å². The Hall–Kier alpha value is -3.75. The standard InChI is InChI=1S/C21H23N7O2/c1-12-6-7-16-15(8-9-17(30-5)21(16)23-12)20-13(2)25-28(14(20)3)11-19(29)24-18-10-22-27(4)26-18/h6-10H,11H2,1-5H3,(H,24,26,29). The third-order valence-electron chi connectivity index (χ3n) is 4.99. The lowest BCUT2D eigenvalue weighted by atomic mass is 9.98. The number of carbonyl (C=O) groups excluding carboxylic acids is 1. The van der Waals surface area contributed by atoms with Crippen LogP contribution in [0, 0.1) is 20.8 Å². The first kappa shape index (κ1) is 19.6. The number of hydrogen-bond acceptors (Lipinski definition) is 6. The van der Waals surface area contributed by atoms with E-state index in [1.807, 2.05) is 45.0 Å². The highest BCUT2D eigenvalue weighted by Gasteiger charge is 2.19. The van der Waals surface area contributed by atoms with Crippen LogP contribution in [0.3, 0.4) is 0 Å². The molecule has 4 rings (SSSR count). The SMILES string of the molecule is COc1ccc(-c2c(C)nn(CC(=O)Nc3cnn(C)n3)c2C)c2ccc(C)nc12. The summed E-state index contributed by atoms with van der Waals surface area (Å²) in [6.07, 6.45) is 1.50. The molecule has 9 nitrogen and oxygen atoms in total. The normalized spacial score (nSPS) is 11.1. The van der Waals surface area contributed by atoms with Gasteiger partial charge in [-0.15, -0.1) is 5.10 Å². The van der Waals surface area contributed by atoms with Crippen LogP contribution in [0.4, 0.5) is 5.82 Å². The van der Waals surface area contributed by atoms with Crippen molar-refractivity contribution in [3.63, 3.8) is 0 Å². The van der Waals surface area contributed by atoms with E-state index < -0.39 is 0 Å². The summed E-state index contributed by atoms with van der Waals surface area (Å²) in [6, 6.07) is 7.96. The molecule has 3 aromatic heterocycles. The number of nitrogens with zero attached hydrogens (tertiary/aromatic N) is 6. The van der Waals surface area contributed by atoms with Crippen molar-refractivity contribution in [1.82, 2.24) is 29.8 Å². The number of anilines is 1. The molecule has 0 fully saturated rings. The predicted octanol–water partition coefficient (Wildman–Crippen LogP) is 2.80. The molecule has 9 heteroatoms. The maximum absolute atomic E-state index is 12.5. The van der Waals surface area contributed by atoms with E-state index in [1.54, 1.807) is 18.8 Å². The second kappa shape index (κ2) is 7.58. The lowest BCUT2D eigenvalue weighted by Crippen LogP contribution is -2.20. The Balaban J connectivity index is 1.71. The maximum Gasteiger partial charge on any atom is 0.247 e. The molecule has 0 bridgehead atoms. The fourth-order valence-corrected chi connectivity index (χ4v) is 3.63. The Labute approximate surface area is 173 Å². The molecule has 0 saturated carbocycles. The molecule has 0 saturated heterocycles. The van der Waals surface area contributed by atoms with E-state index >= 15 is 0 Å². The van der Waals surface area contributed by atoms with Gasteiger partial charge in [0, 0.05) is 29.4 Å². The summed E-state index contributed by atoms with van der Waals surface area (Å²) >= 11 is 0. The molecule has 1 amide bonds. The van der Waals surface area contributed by atoms with Gasteiger partial charge in [-0.05, 0) is 44.5 Å². The summed E-state index contributed by atoms with van der Waals surface area (Å²) in [4.78, 5) is 18.5.